The Hall–Kier alpha value is -1.41. The van der Waals surface area contributed by atoms with E-state index in [9.17, 15) is 0 Å². The van der Waals surface area contributed by atoms with Gasteiger partial charge in [0.05, 0.1) is 0 Å². The van der Waals surface area contributed by atoms with Crippen molar-refractivity contribution in [2.75, 3.05) is 5.32 Å². The van der Waals surface area contributed by atoms with Crippen molar-refractivity contribution >= 4 is 34.2 Å². The van der Waals surface area contributed by atoms with Crippen molar-refractivity contribution < 1.29 is 0 Å². The summed E-state index contributed by atoms with van der Waals surface area (Å²) in [5.41, 5.74) is 3.52. The lowest BCUT2D eigenvalue weighted by atomic mass is 10.1. The van der Waals surface area contributed by atoms with Gasteiger partial charge in [-0.3, -0.25) is 0 Å². The van der Waals surface area contributed by atoms with Crippen molar-refractivity contribution in [3.8, 4) is 0 Å². The van der Waals surface area contributed by atoms with Crippen LogP contribution in [0.2, 0.25) is 0 Å². The quantitative estimate of drug-likeness (QED) is 0.571. The van der Waals surface area contributed by atoms with E-state index in [-0.39, 0.29) is 0 Å². The van der Waals surface area contributed by atoms with Crippen molar-refractivity contribution in [1.29, 1.82) is 0 Å². The van der Waals surface area contributed by atoms with Crippen LogP contribution in [-0.4, -0.2) is 5.49 Å². The number of rotatable bonds is 2. The Morgan fingerprint density at radius 2 is 1.77 bits per heavy atom. The van der Waals surface area contributed by atoms with E-state index in [0.29, 0.717) is 0 Å². The standard InChI is InChI=1S/C11H8NS/c13-8-12-11-7-3-5-9-4-1-2-6-10(9)11/h1-7H,(H,12,13). The van der Waals surface area contributed by atoms with E-state index in [1.165, 1.54) is 10.8 Å². The van der Waals surface area contributed by atoms with E-state index in [0.717, 1.165) is 5.69 Å². The number of benzene rings is 2. The second kappa shape index (κ2) is 3.54. The Labute approximate surface area is 82.4 Å². The predicted molar refractivity (Wildman–Crippen MR) is 60.2 cm³/mol. The average Bonchev–Trinajstić information content (AvgIpc) is 2.19. The molecule has 2 aromatic rings. The van der Waals surface area contributed by atoms with Gasteiger partial charge in [-0.15, -0.1) is 0 Å². The van der Waals surface area contributed by atoms with Crippen molar-refractivity contribution in [1.82, 2.24) is 0 Å². The first-order valence-corrected chi connectivity index (χ1v) is 4.43. The van der Waals surface area contributed by atoms with Crippen LogP contribution in [0.4, 0.5) is 5.69 Å². The summed E-state index contributed by atoms with van der Waals surface area (Å²) in [6, 6.07) is 14.2. The van der Waals surface area contributed by atoms with E-state index in [1.807, 2.05) is 24.3 Å². The molecule has 1 N–H and O–H groups in total. The smallest absolute Gasteiger partial charge is 0.138 e. The Morgan fingerprint density at radius 1 is 1.00 bits per heavy atom. The molecule has 0 aliphatic rings. The van der Waals surface area contributed by atoms with Gasteiger partial charge in [0.25, 0.3) is 0 Å². The van der Waals surface area contributed by atoms with Gasteiger partial charge in [0.2, 0.25) is 0 Å². The predicted octanol–water partition coefficient (Wildman–Crippen LogP) is 3.09. The average molecular weight is 186 g/mol. The molecule has 0 aliphatic heterocycles. The third kappa shape index (κ3) is 1.53. The summed E-state index contributed by atoms with van der Waals surface area (Å²) in [5.74, 6) is 0. The molecule has 1 radical (unpaired) electrons. The van der Waals surface area contributed by atoms with Gasteiger partial charge in [0.15, 0.2) is 0 Å². The fourth-order valence-corrected chi connectivity index (χ4v) is 1.50. The maximum absolute atomic E-state index is 4.64. The zero-order valence-corrected chi connectivity index (χ0v) is 7.77. The van der Waals surface area contributed by atoms with Crippen LogP contribution in [0.15, 0.2) is 42.5 Å². The summed E-state index contributed by atoms with van der Waals surface area (Å²) in [7, 11) is 0. The highest BCUT2D eigenvalue weighted by atomic mass is 32.1. The minimum atomic E-state index is 1.01. The summed E-state index contributed by atoms with van der Waals surface area (Å²) >= 11 is 4.64. The van der Waals surface area contributed by atoms with E-state index in [4.69, 9.17) is 0 Å². The summed E-state index contributed by atoms with van der Waals surface area (Å²) in [6.45, 7) is 0. The van der Waals surface area contributed by atoms with Crippen molar-refractivity contribution in [2.24, 2.45) is 0 Å². The minimum absolute atomic E-state index is 1.01. The highest BCUT2D eigenvalue weighted by Gasteiger charge is 1.96. The SMILES string of the molecule is S=[C]Nc1cccc2ccccc12. The molecule has 0 heterocycles. The minimum Gasteiger partial charge on any atom is -0.344 e. The number of nitrogens with one attached hydrogen (secondary N) is 1. The summed E-state index contributed by atoms with van der Waals surface area (Å²) in [6.07, 6.45) is 0. The molecule has 0 amide bonds. The molecule has 13 heavy (non-hydrogen) atoms. The third-order valence-electron chi connectivity index (χ3n) is 1.98. The highest BCUT2D eigenvalue weighted by molar-refractivity contribution is 7.79. The van der Waals surface area contributed by atoms with Gasteiger partial charge < -0.3 is 5.32 Å². The lowest BCUT2D eigenvalue weighted by molar-refractivity contribution is 1.71. The lowest BCUT2D eigenvalue weighted by Crippen LogP contribution is -1.92. The van der Waals surface area contributed by atoms with Crippen LogP contribution in [0.5, 0.6) is 0 Å². The van der Waals surface area contributed by atoms with Gasteiger partial charge in [-0.25, -0.2) is 0 Å². The molecule has 0 aromatic heterocycles. The van der Waals surface area contributed by atoms with Crippen LogP contribution in [0, 0.1) is 0 Å². The second-order valence-electron chi connectivity index (χ2n) is 2.75. The first kappa shape index (κ1) is 8.20. The number of thiocarbonyl (C=S) groups is 1. The van der Waals surface area contributed by atoms with Crippen LogP contribution < -0.4 is 5.32 Å². The molecule has 0 atom stereocenters. The first-order valence-electron chi connectivity index (χ1n) is 4.03. The van der Waals surface area contributed by atoms with Crippen molar-refractivity contribution in [2.45, 2.75) is 0 Å². The number of fused-ring (bicyclic) bond motifs is 1. The normalized spacial score (nSPS) is 9.85. The van der Waals surface area contributed by atoms with Crippen LogP contribution in [0.1, 0.15) is 0 Å². The van der Waals surface area contributed by atoms with Gasteiger partial charge >= 0.3 is 0 Å². The van der Waals surface area contributed by atoms with Crippen molar-refractivity contribution in [3.05, 3.63) is 42.5 Å². The van der Waals surface area contributed by atoms with Crippen LogP contribution in [0.25, 0.3) is 10.8 Å². The lowest BCUT2D eigenvalue weighted by Gasteiger charge is -2.03. The van der Waals surface area contributed by atoms with Crippen molar-refractivity contribution in [3.63, 3.8) is 0 Å². The third-order valence-corrected chi connectivity index (χ3v) is 2.08. The topological polar surface area (TPSA) is 12.0 Å². The Kier molecular flexibility index (Phi) is 2.23. The fraction of sp³-hybridized carbons (Fsp3) is 0. The summed E-state index contributed by atoms with van der Waals surface area (Å²) in [4.78, 5) is 0. The van der Waals surface area contributed by atoms with E-state index in [2.05, 4.69) is 41.2 Å². The van der Waals surface area contributed by atoms with Gasteiger partial charge in [-0.2, -0.15) is 0 Å². The number of hydrogen-bond donors (Lipinski definition) is 1. The Balaban J connectivity index is 2.68. The molecule has 0 bridgehead atoms. The maximum Gasteiger partial charge on any atom is 0.138 e. The molecule has 0 aliphatic carbocycles. The monoisotopic (exact) mass is 186 g/mol. The zero-order chi connectivity index (χ0) is 9.10. The van der Waals surface area contributed by atoms with Gasteiger partial charge in [0, 0.05) is 11.1 Å². The van der Waals surface area contributed by atoms with Gasteiger partial charge in [-0.1, -0.05) is 48.6 Å². The molecule has 0 unspecified atom stereocenters. The second-order valence-corrected chi connectivity index (χ2v) is 2.96. The molecule has 0 spiro atoms. The molecule has 0 fully saturated rings. The highest BCUT2D eigenvalue weighted by Crippen LogP contribution is 2.22. The molecule has 0 saturated heterocycles. The zero-order valence-electron chi connectivity index (χ0n) is 6.95. The molecular formula is C11H8NS. The molecule has 1 nitrogen and oxygen atoms in total. The Bertz CT molecular complexity index is 432. The molecule has 2 rings (SSSR count). The number of anilines is 1. The molecule has 0 saturated carbocycles. The van der Waals surface area contributed by atoms with Gasteiger partial charge in [0.1, 0.15) is 5.49 Å². The van der Waals surface area contributed by atoms with E-state index < -0.39 is 0 Å². The van der Waals surface area contributed by atoms with Crippen LogP contribution in [0.3, 0.4) is 0 Å². The van der Waals surface area contributed by atoms with Crippen LogP contribution in [-0.2, 0) is 0 Å². The fourth-order valence-electron chi connectivity index (χ4n) is 1.39. The molecule has 2 heteroatoms. The van der Waals surface area contributed by atoms with Crippen LogP contribution >= 0.6 is 12.2 Å². The maximum atomic E-state index is 4.64. The molecule has 2 aromatic carbocycles. The van der Waals surface area contributed by atoms with E-state index in [1.54, 1.807) is 0 Å². The molecule has 63 valence electrons. The van der Waals surface area contributed by atoms with E-state index >= 15 is 0 Å². The number of hydrogen-bond acceptors (Lipinski definition) is 1. The first-order chi connectivity index (χ1) is 6.42. The largest absolute Gasteiger partial charge is 0.344 e. The summed E-state index contributed by atoms with van der Waals surface area (Å²) in [5, 5.41) is 5.29. The Morgan fingerprint density at radius 3 is 2.62 bits per heavy atom. The van der Waals surface area contributed by atoms with Gasteiger partial charge in [-0.05, 0) is 11.5 Å². The molecular weight excluding hydrogens is 178 g/mol. The summed E-state index contributed by atoms with van der Waals surface area (Å²) < 4.78 is 0.